The number of hydrogen-bond acceptors (Lipinski definition) is 3. The van der Waals surface area contributed by atoms with Gasteiger partial charge in [-0.3, -0.25) is 0 Å². The number of thioether (sulfide) groups is 1. The second kappa shape index (κ2) is 5.73. The zero-order chi connectivity index (χ0) is 8.81. The summed E-state index contributed by atoms with van der Waals surface area (Å²) in [6.45, 7) is 0. The molecule has 0 radical (unpaired) electrons. The normalized spacial score (nSPS) is 10.2. The Labute approximate surface area is 87.3 Å². The quantitative estimate of drug-likeness (QED) is 0.475. The van der Waals surface area contributed by atoms with E-state index in [4.69, 9.17) is 11.6 Å². The van der Waals surface area contributed by atoms with Gasteiger partial charge in [0.25, 0.3) is 0 Å². The fourth-order valence-corrected chi connectivity index (χ4v) is 1.96. The van der Waals surface area contributed by atoms with Crippen LogP contribution in [0.25, 0.3) is 0 Å². The van der Waals surface area contributed by atoms with Gasteiger partial charge in [0.05, 0.1) is 10.0 Å². The number of halogens is 1. The van der Waals surface area contributed by atoms with E-state index in [2.05, 4.69) is 17.6 Å². The molecule has 1 aromatic rings. The van der Waals surface area contributed by atoms with Gasteiger partial charge in [0.2, 0.25) is 0 Å². The molecule has 66 valence electrons. The smallest absolute Gasteiger partial charge is 0.0960 e. The molecule has 1 aromatic heterocycles. The van der Waals surface area contributed by atoms with Crippen LogP contribution >= 0.6 is 36.0 Å². The van der Waals surface area contributed by atoms with Crippen molar-refractivity contribution in [2.24, 2.45) is 0 Å². The molecule has 0 saturated carbocycles. The lowest BCUT2D eigenvalue weighted by Crippen LogP contribution is -1.83. The Morgan fingerprint density at radius 3 is 2.92 bits per heavy atom. The van der Waals surface area contributed by atoms with Gasteiger partial charge in [0.1, 0.15) is 0 Å². The minimum Gasteiger partial charge on any atom is -0.248 e. The van der Waals surface area contributed by atoms with E-state index in [-0.39, 0.29) is 0 Å². The molecule has 0 N–H and O–H groups in total. The van der Waals surface area contributed by atoms with Crippen LogP contribution < -0.4 is 0 Å². The Morgan fingerprint density at radius 1 is 1.50 bits per heavy atom. The van der Waals surface area contributed by atoms with E-state index in [0.29, 0.717) is 5.02 Å². The average Bonchev–Trinajstić information content (AvgIpc) is 2.09. The Balaban J connectivity index is 2.37. The highest BCUT2D eigenvalue weighted by Gasteiger charge is 1.94. The number of thiol groups is 1. The highest BCUT2D eigenvalue weighted by molar-refractivity contribution is 7.99. The van der Waals surface area contributed by atoms with E-state index in [9.17, 15) is 0 Å². The minimum absolute atomic E-state index is 0.688. The van der Waals surface area contributed by atoms with Crippen molar-refractivity contribution < 1.29 is 0 Å². The Bertz CT molecular complexity index is 225. The van der Waals surface area contributed by atoms with Crippen molar-refractivity contribution in [2.45, 2.75) is 11.4 Å². The van der Waals surface area contributed by atoms with Crippen LogP contribution in [0.4, 0.5) is 0 Å². The number of nitrogens with zero attached hydrogens (tertiary/aromatic N) is 1. The average molecular weight is 220 g/mol. The van der Waals surface area contributed by atoms with Crippen molar-refractivity contribution in [3.63, 3.8) is 0 Å². The first-order valence-corrected chi connectivity index (χ1v) is 5.68. The summed E-state index contributed by atoms with van der Waals surface area (Å²) in [5, 5.41) is 1.72. The maximum atomic E-state index is 5.69. The zero-order valence-electron chi connectivity index (χ0n) is 6.53. The summed E-state index contributed by atoms with van der Waals surface area (Å²) in [5.41, 5.74) is 0. The molecule has 0 unspecified atom stereocenters. The van der Waals surface area contributed by atoms with Crippen LogP contribution in [0.1, 0.15) is 6.42 Å². The summed E-state index contributed by atoms with van der Waals surface area (Å²) < 4.78 is 0. The van der Waals surface area contributed by atoms with Crippen molar-refractivity contribution in [1.82, 2.24) is 4.98 Å². The minimum atomic E-state index is 0.688. The van der Waals surface area contributed by atoms with Crippen molar-refractivity contribution in [3.8, 4) is 0 Å². The predicted molar refractivity (Wildman–Crippen MR) is 58.4 cm³/mol. The molecule has 0 spiro atoms. The summed E-state index contributed by atoms with van der Waals surface area (Å²) in [4.78, 5) is 4.16. The van der Waals surface area contributed by atoms with Crippen LogP contribution in [0, 0.1) is 0 Å². The van der Waals surface area contributed by atoms with Gasteiger partial charge in [-0.1, -0.05) is 11.6 Å². The molecule has 0 atom stereocenters. The topological polar surface area (TPSA) is 12.9 Å². The molecule has 0 bridgehead atoms. The summed E-state index contributed by atoms with van der Waals surface area (Å²) in [7, 11) is 0. The first kappa shape index (κ1) is 10.2. The van der Waals surface area contributed by atoms with Crippen LogP contribution in [0.2, 0.25) is 5.02 Å². The van der Waals surface area contributed by atoms with Crippen molar-refractivity contribution in [3.05, 3.63) is 23.4 Å². The molecule has 12 heavy (non-hydrogen) atoms. The molecule has 0 aliphatic heterocycles. The Hall–Kier alpha value is 0.140. The molecule has 4 heteroatoms. The molecular weight excluding hydrogens is 210 g/mol. The lowest BCUT2D eigenvalue weighted by atomic mass is 10.5. The largest absolute Gasteiger partial charge is 0.248 e. The van der Waals surface area contributed by atoms with Crippen LogP contribution in [0.3, 0.4) is 0 Å². The molecule has 0 amide bonds. The first-order chi connectivity index (χ1) is 5.83. The second-order valence-corrected chi connectivity index (χ2v) is 4.24. The fourth-order valence-electron chi connectivity index (χ4n) is 0.689. The zero-order valence-corrected chi connectivity index (χ0v) is 9.00. The van der Waals surface area contributed by atoms with E-state index in [0.717, 1.165) is 23.0 Å². The molecule has 0 saturated heterocycles. The molecule has 0 aromatic carbocycles. The van der Waals surface area contributed by atoms with Crippen molar-refractivity contribution >= 4 is 36.0 Å². The van der Waals surface area contributed by atoms with Crippen molar-refractivity contribution in [1.29, 1.82) is 0 Å². The molecule has 1 nitrogen and oxygen atoms in total. The highest BCUT2D eigenvalue weighted by atomic mass is 35.5. The van der Waals surface area contributed by atoms with Gasteiger partial charge in [-0.25, -0.2) is 4.98 Å². The second-order valence-electron chi connectivity index (χ2n) is 2.24. The highest BCUT2D eigenvalue weighted by Crippen LogP contribution is 2.17. The standard InChI is InChI=1S/C8H10ClNS2/c9-7-2-3-8(10-6-7)12-5-1-4-11/h2-3,6,11H,1,4-5H2. The molecular formula is C8H10ClNS2. The van der Waals surface area contributed by atoms with Gasteiger partial charge in [-0.2, -0.15) is 12.6 Å². The molecule has 0 aliphatic carbocycles. The maximum Gasteiger partial charge on any atom is 0.0960 e. The SMILES string of the molecule is SCCCSc1ccc(Cl)cn1. The lowest BCUT2D eigenvalue weighted by Gasteiger charge is -1.98. The number of rotatable bonds is 4. The monoisotopic (exact) mass is 219 g/mol. The maximum absolute atomic E-state index is 5.69. The van der Waals surface area contributed by atoms with Crippen LogP contribution in [0.15, 0.2) is 23.4 Å². The number of hydrogen-bond donors (Lipinski definition) is 1. The Morgan fingerprint density at radius 2 is 2.33 bits per heavy atom. The van der Waals surface area contributed by atoms with Crippen LogP contribution in [0.5, 0.6) is 0 Å². The molecule has 1 heterocycles. The summed E-state index contributed by atoms with van der Waals surface area (Å²) in [5.74, 6) is 2.00. The van der Waals surface area contributed by atoms with Crippen molar-refractivity contribution in [2.75, 3.05) is 11.5 Å². The van der Waals surface area contributed by atoms with Gasteiger partial charge >= 0.3 is 0 Å². The third-order valence-electron chi connectivity index (χ3n) is 1.25. The number of aromatic nitrogens is 1. The third kappa shape index (κ3) is 3.70. The molecule has 0 fully saturated rings. The van der Waals surface area contributed by atoms with Gasteiger partial charge in [0.15, 0.2) is 0 Å². The van der Waals surface area contributed by atoms with Gasteiger partial charge in [-0.15, -0.1) is 11.8 Å². The summed E-state index contributed by atoms with van der Waals surface area (Å²) in [6, 6.07) is 3.79. The van der Waals surface area contributed by atoms with Crippen LogP contribution in [-0.2, 0) is 0 Å². The van der Waals surface area contributed by atoms with E-state index in [1.165, 1.54) is 0 Å². The predicted octanol–water partition coefficient (Wildman–Crippen LogP) is 3.15. The van der Waals surface area contributed by atoms with Crippen LogP contribution in [-0.4, -0.2) is 16.5 Å². The van der Waals surface area contributed by atoms with Gasteiger partial charge < -0.3 is 0 Å². The summed E-state index contributed by atoms with van der Waals surface area (Å²) in [6.07, 6.45) is 2.78. The Kier molecular flexibility index (Phi) is 4.88. The van der Waals surface area contributed by atoms with E-state index >= 15 is 0 Å². The molecule has 1 rings (SSSR count). The fraction of sp³-hybridized carbons (Fsp3) is 0.375. The molecule has 0 aliphatic rings. The van der Waals surface area contributed by atoms with Gasteiger partial charge in [0, 0.05) is 11.9 Å². The lowest BCUT2D eigenvalue weighted by molar-refractivity contribution is 1.10. The number of pyridine rings is 1. The third-order valence-corrected chi connectivity index (χ3v) is 2.82. The van der Waals surface area contributed by atoms with E-state index in [1.807, 2.05) is 12.1 Å². The first-order valence-electron chi connectivity index (χ1n) is 3.68. The summed E-state index contributed by atoms with van der Waals surface area (Å²) >= 11 is 11.6. The van der Waals surface area contributed by atoms with E-state index in [1.54, 1.807) is 18.0 Å². The van der Waals surface area contributed by atoms with Gasteiger partial charge in [-0.05, 0) is 24.3 Å². The van der Waals surface area contributed by atoms with E-state index < -0.39 is 0 Å².